The van der Waals surface area contributed by atoms with Crippen molar-refractivity contribution < 1.29 is 32.6 Å². The number of ether oxygens (including phenoxy) is 1. The standard InChI is InChI=1S/C10H17N3O7S/c1-2-20-9(15)4-3-8(14)12-13-21(18,19)6-5-7(11)10(16)17/h3-4,7,13H,2,5-6,11H2,1H3,(H,12,14)(H,16,17)/b4-3+/t7-/m0/s1. The topological polar surface area (TPSA) is 165 Å². The van der Waals surface area contributed by atoms with E-state index >= 15 is 0 Å². The van der Waals surface area contributed by atoms with Crippen LogP contribution in [-0.4, -0.2) is 49.8 Å². The van der Waals surface area contributed by atoms with Gasteiger partial charge in [0.25, 0.3) is 5.91 Å². The van der Waals surface area contributed by atoms with Gasteiger partial charge in [0.05, 0.1) is 12.4 Å². The largest absolute Gasteiger partial charge is 0.480 e. The van der Waals surface area contributed by atoms with Crippen LogP contribution in [0, 0.1) is 0 Å². The van der Waals surface area contributed by atoms with E-state index in [0.717, 1.165) is 12.2 Å². The van der Waals surface area contributed by atoms with E-state index in [1.54, 1.807) is 11.8 Å². The fourth-order valence-electron chi connectivity index (χ4n) is 0.960. The van der Waals surface area contributed by atoms with E-state index in [0.29, 0.717) is 0 Å². The first-order valence-electron chi connectivity index (χ1n) is 5.80. The number of nitrogens with one attached hydrogen (secondary N) is 2. The molecule has 0 rings (SSSR count). The lowest BCUT2D eigenvalue weighted by Crippen LogP contribution is -2.43. The normalized spacial score (nSPS) is 12.9. The summed E-state index contributed by atoms with van der Waals surface area (Å²) in [5.41, 5.74) is 6.96. The molecule has 0 aliphatic heterocycles. The maximum absolute atomic E-state index is 11.4. The van der Waals surface area contributed by atoms with Gasteiger partial charge in [-0.05, 0) is 13.3 Å². The van der Waals surface area contributed by atoms with Gasteiger partial charge in [-0.2, -0.15) is 0 Å². The maximum Gasteiger partial charge on any atom is 0.330 e. The maximum atomic E-state index is 11.4. The highest BCUT2D eigenvalue weighted by Gasteiger charge is 2.17. The molecule has 0 spiro atoms. The molecule has 1 atom stereocenters. The highest BCUT2D eigenvalue weighted by atomic mass is 32.2. The number of rotatable bonds is 9. The minimum atomic E-state index is -3.93. The average molecular weight is 323 g/mol. The average Bonchev–Trinajstić information content (AvgIpc) is 2.40. The number of amides is 1. The van der Waals surface area contributed by atoms with Crippen molar-refractivity contribution >= 4 is 27.9 Å². The number of nitrogens with two attached hydrogens (primary N) is 1. The van der Waals surface area contributed by atoms with Gasteiger partial charge in [0.2, 0.25) is 10.0 Å². The number of esters is 1. The number of hydrogen-bond acceptors (Lipinski definition) is 7. The van der Waals surface area contributed by atoms with Gasteiger partial charge in [-0.3, -0.25) is 15.0 Å². The van der Waals surface area contributed by atoms with Crippen LogP contribution in [0.4, 0.5) is 0 Å². The first-order valence-corrected chi connectivity index (χ1v) is 7.46. The van der Waals surface area contributed by atoms with E-state index in [2.05, 4.69) is 4.74 Å². The number of hydrogen-bond donors (Lipinski definition) is 4. The zero-order chi connectivity index (χ0) is 16.5. The lowest BCUT2D eigenvalue weighted by atomic mass is 10.2. The second-order valence-corrected chi connectivity index (χ2v) is 5.57. The molecule has 0 aliphatic rings. The summed E-state index contributed by atoms with van der Waals surface area (Å²) in [6, 6.07) is -1.32. The Morgan fingerprint density at radius 2 is 1.95 bits per heavy atom. The van der Waals surface area contributed by atoms with Crippen LogP contribution in [0.25, 0.3) is 0 Å². The molecule has 1 amide bonds. The van der Waals surface area contributed by atoms with Crippen LogP contribution in [0.3, 0.4) is 0 Å². The molecule has 0 aliphatic carbocycles. The molecule has 0 saturated carbocycles. The fraction of sp³-hybridized carbons (Fsp3) is 0.500. The van der Waals surface area contributed by atoms with Crippen LogP contribution in [0.15, 0.2) is 12.2 Å². The van der Waals surface area contributed by atoms with Crippen molar-refractivity contribution in [1.82, 2.24) is 10.3 Å². The zero-order valence-corrected chi connectivity index (χ0v) is 12.1. The van der Waals surface area contributed by atoms with Crippen molar-refractivity contribution in [2.24, 2.45) is 5.73 Å². The Morgan fingerprint density at radius 3 is 2.48 bits per heavy atom. The second kappa shape index (κ2) is 9.05. The summed E-state index contributed by atoms with van der Waals surface area (Å²) in [4.78, 5) is 34.2. The molecule has 0 fully saturated rings. The van der Waals surface area contributed by atoms with Crippen molar-refractivity contribution in [1.29, 1.82) is 0 Å². The molecular weight excluding hydrogens is 306 g/mol. The first-order chi connectivity index (χ1) is 9.68. The molecule has 0 aromatic rings. The number of carbonyl (C=O) groups excluding carboxylic acids is 2. The SMILES string of the molecule is CCOC(=O)/C=C/C(=O)NNS(=O)(=O)CC[C@H](N)C(=O)O. The summed E-state index contributed by atoms with van der Waals surface area (Å²) in [5, 5.41) is 8.50. The van der Waals surface area contributed by atoms with Crippen LogP contribution in [0.1, 0.15) is 13.3 Å². The predicted octanol–water partition coefficient (Wildman–Crippen LogP) is -2.14. The van der Waals surface area contributed by atoms with Crippen LogP contribution < -0.4 is 16.0 Å². The highest BCUT2D eigenvalue weighted by molar-refractivity contribution is 7.89. The van der Waals surface area contributed by atoms with E-state index in [4.69, 9.17) is 10.8 Å². The third-order valence-electron chi connectivity index (χ3n) is 2.00. The number of sulfonamides is 1. The van der Waals surface area contributed by atoms with E-state index < -0.39 is 39.7 Å². The smallest absolute Gasteiger partial charge is 0.330 e. The monoisotopic (exact) mass is 323 g/mol. The van der Waals surface area contributed by atoms with Crippen molar-refractivity contribution in [2.75, 3.05) is 12.4 Å². The number of carbonyl (C=O) groups is 3. The molecule has 10 nitrogen and oxygen atoms in total. The van der Waals surface area contributed by atoms with Crippen LogP contribution in [0.5, 0.6) is 0 Å². The Morgan fingerprint density at radius 1 is 1.33 bits per heavy atom. The summed E-state index contributed by atoms with van der Waals surface area (Å²) in [6.45, 7) is 1.73. The van der Waals surface area contributed by atoms with E-state index in [-0.39, 0.29) is 13.0 Å². The van der Waals surface area contributed by atoms with Crippen LogP contribution >= 0.6 is 0 Å². The van der Waals surface area contributed by atoms with Gasteiger partial charge in [0.1, 0.15) is 6.04 Å². The second-order valence-electron chi connectivity index (χ2n) is 3.73. The third kappa shape index (κ3) is 9.54. The summed E-state index contributed by atoms with van der Waals surface area (Å²) in [5.74, 6) is -3.55. The minimum Gasteiger partial charge on any atom is -0.480 e. The van der Waals surface area contributed by atoms with Gasteiger partial charge in [-0.25, -0.2) is 13.2 Å². The lowest BCUT2D eigenvalue weighted by Gasteiger charge is -2.08. The third-order valence-corrected chi connectivity index (χ3v) is 3.19. The first kappa shape index (κ1) is 19.0. The molecule has 0 unspecified atom stereocenters. The van der Waals surface area contributed by atoms with Gasteiger partial charge in [0.15, 0.2) is 0 Å². The molecule has 21 heavy (non-hydrogen) atoms. The molecule has 0 saturated heterocycles. The van der Waals surface area contributed by atoms with Crippen molar-refractivity contribution in [3.05, 3.63) is 12.2 Å². The summed E-state index contributed by atoms with van der Waals surface area (Å²) in [7, 11) is -3.93. The Labute approximate surface area is 121 Å². The van der Waals surface area contributed by atoms with Crippen LogP contribution in [0.2, 0.25) is 0 Å². The van der Waals surface area contributed by atoms with Crippen molar-refractivity contribution in [3.63, 3.8) is 0 Å². The summed E-state index contributed by atoms with van der Waals surface area (Å²) >= 11 is 0. The highest BCUT2D eigenvalue weighted by Crippen LogP contribution is 1.93. The molecule has 120 valence electrons. The van der Waals surface area contributed by atoms with E-state index in [1.807, 2.05) is 5.43 Å². The van der Waals surface area contributed by atoms with Gasteiger partial charge < -0.3 is 15.6 Å². The summed E-state index contributed by atoms with van der Waals surface area (Å²) < 4.78 is 27.3. The zero-order valence-electron chi connectivity index (χ0n) is 11.2. The fourth-order valence-corrected chi connectivity index (χ4v) is 1.88. The molecule has 0 aromatic carbocycles. The lowest BCUT2D eigenvalue weighted by molar-refractivity contribution is -0.139. The number of carboxylic acid groups (broad SMARTS) is 1. The van der Waals surface area contributed by atoms with Gasteiger partial charge in [-0.15, -0.1) is 4.83 Å². The molecule has 0 heterocycles. The molecule has 0 aromatic heterocycles. The van der Waals surface area contributed by atoms with Crippen molar-refractivity contribution in [2.45, 2.75) is 19.4 Å². The number of hydrazine groups is 1. The van der Waals surface area contributed by atoms with E-state index in [1.165, 1.54) is 0 Å². The number of carboxylic acids is 1. The molecule has 0 bridgehead atoms. The van der Waals surface area contributed by atoms with E-state index in [9.17, 15) is 22.8 Å². The van der Waals surface area contributed by atoms with Crippen LogP contribution in [-0.2, 0) is 29.1 Å². The molecule has 0 radical (unpaired) electrons. The quantitative estimate of drug-likeness (QED) is 0.212. The van der Waals surface area contributed by atoms with Gasteiger partial charge in [0, 0.05) is 12.2 Å². The minimum absolute atomic E-state index is 0.140. The number of aliphatic carboxylic acids is 1. The Balaban J connectivity index is 4.22. The Bertz CT molecular complexity index is 515. The summed E-state index contributed by atoms with van der Waals surface area (Å²) in [6.07, 6.45) is 1.29. The molecular formula is C10H17N3O7S. The Hall–Kier alpha value is -1.98. The van der Waals surface area contributed by atoms with Crippen molar-refractivity contribution in [3.8, 4) is 0 Å². The van der Waals surface area contributed by atoms with Gasteiger partial charge >= 0.3 is 11.9 Å². The Kier molecular flexibility index (Phi) is 8.19. The predicted molar refractivity (Wildman–Crippen MR) is 71.1 cm³/mol. The molecule has 5 N–H and O–H groups in total. The van der Waals surface area contributed by atoms with Gasteiger partial charge in [-0.1, -0.05) is 0 Å². The molecule has 11 heteroatoms.